The van der Waals surface area contributed by atoms with E-state index in [9.17, 15) is 0 Å². The van der Waals surface area contributed by atoms with E-state index in [4.69, 9.17) is 4.74 Å². The SMILES string of the molecule is CC(C)CNCc1cn(CC2CCCCO2)nn1. The number of rotatable bonds is 6. The van der Waals surface area contributed by atoms with Crippen molar-refractivity contribution in [2.75, 3.05) is 13.2 Å². The molecule has 0 saturated carbocycles. The summed E-state index contributed by atoms with van der Waals surface area (Å²) in [5.74, 6) is 0.663. The molecule has 1 fully saturated rings. The average Bonchev–Trinajstić information content (AvgIpc) is 2.78. The Kier molecular flexibility index (Phi) is 5.13. The lowest BCUT2D eigenvalue weighted by Gasteiger charge is -2.21. The molecular formula is C13H24N4O. The summed E-state index contributed by atoms with van der Waals surface area (Å²) in [6.07, 6.45) is 5.93. The normalized spacial score (nSPS) is 20.5. The summed E-state index contributed by atoms with van der Waals surface area (Å²) in [6.45, 7) is 7.93. The Bertz CT molecular complexity index is 345. The summed E-state index contributed by atoms with van der Waals surface area (Å²) in [5.41, 5.74) is 1.01. The van der Waals surface area contributed by atoms with Gasteiger partial charge in [0.15, 0.2) is 0 Å². The molecule has 102 valence electrons. The molecule has 1 aromatic rings. The van der Waals surface area contributed by atoms with Crippen molar-refractivity contribution >= 4 is 0 Å². The lowest BCUT2D eigenvalue weighted by molar-refractivity contribution is 0.00370. The van der Waals surface area contributed by atoms with E-state index < -0.39 is 0 Å². The Balaban J connectivity index is 1.74. The minimum absolute atomic E-state index is 0.317. The van der Waals surface area contributed by atoms with E-state index in [1.165, 1.54) is 12.8 Å². The lowest BCUT2D eigenvalue weighted by Crippen LogP contribution is -2.24. The molecular weight excluding hydrogens is 228 g/mol. The molecule has 0 amide bonds. The standard InChI is InChI=1S/C13H24N4O/c1-11(2)7-14-8-12-9-17(16-15-12)10-13-5-3-4-6-18-13/h9,11,13-14H,3-8,10H2,1-2H3. The van der Waals surface area contributed by atoms with Gasteiger partial charge < -0.3 is 10.1 Å². The lowest BCUT2D eigenvalue weighted by atomic mass is 10.1. The van der Waals surface area contributed by atoms with Gasteiger partial charge in [0.1, 0.15) is 0 Å². The van der Waals surface area contributed by atoms with Crippen LogP contribution in [0.1, 0.15) is 38.8 Å². The van der Waals surface area contributed by atoms with Crippen LogP contribution in [0.3, 0.4) is 0 Å². The Labute approximate surface area is 109 Å². The molecule has 5 heteroatoms. The number of aromatic nitrogens is 3. The van der Waals surface area contributed by atoms with Crippen molar-refractivity contribution in [3.05, 3.63) is 11.9 Å². The fraction of sp³-hybridized carbons (Fsp3) is 0.846. The van der Waals surface area contributed by atoms with Crippen LogP contribution in [0.2, 0.25) is 0 Å². The summed E-state index contributed by atoms with van der Waals surface area (Å²) in [5, 5.41) is 11.7. The molecule has 5 nitrogen and oxygen atoms in total. The zero-order valence-electron chi connectivity index (χ0n) is 11.4. The van der Waals surface area contributed by atoms with Gasteiger partial charge in [-0.15, -0.1) is 5.10 Å². The molecule has 2 heterocycles. The molecule has 0 aliphatic carbocycles. The summed E-state index contributed by atoms with van der Waals surface area (Å²) >= 11 is 0. The first-order valence-electron chi connectivity index (χ1n) is 6.95. The smallest absolute Gasteiger partial charge is 0.0964 e. The summed E-state index contributed by atoms with van der Waals surface area (Å²) in [7, 11) is 0. The van der Waals surface area contributed by atoms with Gasteiger partial charge in [-0.1, -0.05) is 19.1 Å². The molecule has 1 atom stereocenters. The Morgan fingerprint density at radius 3 is 3.11 bits per heavy atom. The molecule has 1 unspecified atom stereocenters. The minimum atomic E-state index is 0.317. The Morgan fingerprint density at radius 2 is 2.39 bits per heavy atom. The number of nitrogens with zero attached hydrogens (tertiary/aromatic N) is 3. The summed E-state index contributed by atoms with van der Waals surface area (Å²) in [4.78, 5) is 0. The highest BCUT2D eigenvalue weighted by Crippen LogP contribution is 2.14. The molecule has 0 spiro atoms. The molecule has 18 heavy (non-hydrogen) atoms. The first kappa shape index (κ1) is 13.5. The van der Waals surface area contributed by atoms with Gasteiger partial charge in [-0.25, -0.2) is 4.68 Å². The van der Waals surface area contributed by atoms with E-state index in [0.29, 0.717) is 12.0 Å². The second-order valence-electron chi connectivity index (χ2n) is 5.45. The number of nitrogens with one attached hydrogen (secondary N) is 1. The second-order valence-corrected chi connectivity index (χ2v) is 5.45. The van der Waals surface area contributed by atoms with Gasteiger partial charge in [-0.3, -0.25) is 0 Å². The van der Waals surface area contributed by atoms with E-state index in [0.717, 1.165) is 38.4 Å². The quantitative estimate of drug-likeness (QED) is 0.835. The van der Waals surface area contributed by atoms with Gasteiger partial charge in [0.2, 0.25) is 0 Å². The third-order valence-corrected chi connectivity index (χ3v) is 3.11. The van der Waals surface area contributed by atoms with Crippen LogP contribution in [-0.2, 0) is 17.8 Å². The van der Waals surface area contributed by atoms with Crippen molar-refractivity contribution in [1.82, 2.24) is 20.3 Å². The molecule has 0 aromatic carbocycles. The molecule has 2 rings (SSSR count). The van der Waals surface area contributed by atoms with Gasteiger partial charge in [0.25, 0.3) is 0 Å². The van der Waals surface area contributed by atoms with Crippen LogP contribution in [0.4, 0.5) is 0 Å². The molecule has 1 aliphatic heterocycles. The van der Waals surface area contributed by atoms with E-state index in [1.54, 1.807) is 0 Å². The molecule has 1 aliphatic rings. The molecule has 1 aromatic heterocycles. The highest BCUT2D eigenvalue weighted by Gasteiger charge is 2.15. The Hall–Kier alpha value is -0.940. The zero-order chi connectivity index (χ0) is 12.8. The summed E-state index contributed by atoms with van der Waals surface area (Å²) in [6, 6.07) is 0. The maximum atomic E-state index is 5.70. The molecule has 1 saturated heterocycles. The fourth-order valence-electron chi connectivity index (χ4n) is 2.16. The van der Waals surface area contributed by atoms with Crippen LogP contribution in [0.25, 0.3) is 0 Å². The number of ether oxygens (including phenoxy) is 1. The van der Waals surface area contributed by atoms with Crippen molar-refractivity contribution in [2.24, 2.45) is 5.92 Å². The average molecular weight is 252 g/mol. The maximum absolute atomic E-state index is 5.70. The van der Waals surface area contributed by atoms with E-state index in [-0.39, 0.29) is 0 Å². The highest BCUT2D eigenvalue weighted by atomic mass is 16.5. The van der Waals surface area contributed by atoms with E-state index >= 15 is 0 Å². The van der Waals surface area contributed by atoms with Crippen LogP contribution in [0.15, 0.2) is 6.20 Å². The fourth-order valence-corrected chi connectivity index (χ4v) is 2.16. The third-order valence-electron chi connectivity index (χ3n) is 3.11. The molecule has 0 radical (unpaired) electrons. The van der Waals surface area contributed by atoms with Crippen molar-refractivity contribution < 1.29 is 4.74 Å². The topological polar surface area (TPSA) is 52.0 Å². The van der Waals surface area contributed by atoms with E-state index in [2.05, 4.69) is 29.5 Å². The van der Waals surface area contributed by atoms with Gasteiger partial charge in [-0.05, 0) is 31.7 Å². The monoisotopic (exact) mass is 252 g/mol. The van der Waals surface area contributed by atoms with Crippen LogP contribution in [0.5, 0.6) is 0 Å². The molecule has 1 N–H and O–H groups in total. The number of hydrogen-bond donors (Lipinski definition) is 1. The van der Waals surface area contributed by atoms with Crippen LogP contribution in [0, 0.1) is 5.92 Å². The van der Waals surface area contributed by atoms with Crippen molar-refractivity contribution in [2.45, 2.75) is 52.3 Å². The van der Waals surface area contributed by atoms with Gasteiger partial charge in [0.05, 0.1) is 18.3 Å². The van der Waals surface area contributed by atoms with Crippen molar-refractivity contribution in [3.63, 3.8) is 0 Å². The van der Waals surface area contributed by atoms with Gasteiger partial charge in [-0.2, -0.15) is 0 Å². The largest absolute Gasteiger partial charge is 0.376 e. The zero-order valence-corrected chi connectivity index (χ0v) is 11.4. The number of hydrogen-bond acceptors (Lipinski definition) is 4. The first-order valence-corrected chi connectivity index (χ1v) is 6.95. The predicted molar refractivity (Wildman–Crippen MR) is 70.2 cm³/mol. The van der Waals surface area contributed by atoms with Gasteiger partial charge >= 0.3 is 0 Å². The van der Waals surface area contributed by atoms with Crippen LogP contribution in [-0.4, -0.2) is 34.2 Å². The summed E-state index contributed by atoms with van der Waals surface area (Å²) < 4.78 is 7.60. The maximum Gasteiger partial charge on any atom is 0.0964 e. The second kappa shape index (κ2) is 6.85. The van der Waals surface area contributed by atoms with Crippen LogP contribution < -0.4 is 5.32 Å². The van der Waals surface area contributed by atoms with Crippen molar-refractivity contribution in [1.29, 1.82) is 0 Å². The van der Waals surface area contributed by atoms with E-state index in [1.807, 2.05) is 10.9 Å². The Morgan fingerprint density at radius 1 is 1.50 bits per heavy atom. The third kappa shape index (κ3) is 4.38. The minimum Gasteiger partial charge on any atom is -0.376 e. The van der Waals surface area contributed by atoms with Gasteiger partial charge in [0, 0.05) is 19.3 Å². The van der Waals surface area contributed by atoms with Crippen LogP contribution >= 0.6 is 0 Å². The predicted octanol–water partition coefficient (Wildman–Crippen LogP) is 1.59. The first-order chi connectivity index (χ1) is 8.74. The van der Waals surface area contributed by atoms with Crippen molar-refractivity contribution in [3.8, 4) is 0 Å². The highest BCUT2D eigenvalue weighted by molar-refractivity contribution is 4.91. The molecule has 0 bridgehead atoms.